The number of aliphatic imine (C=N–C) groups is 1. The van der Waals surface area contributed by atoms with Crippen LogP contribution in [0.5, 0.6) is 17.2 Å². The van der Waals surface area contributed by atoms with E-state index in [-0.39, 0.29) is 0 Å². The van der Waals surface area contributed by atoms with Gasteiger partial charge in [-0.25, -0.2) is 4.99 Å². The lowest BCUT2D eigenvalue weighted by Crippen LogP contribution is -2.45. The minimum Gasteiger partial charge on any atom is -0.491 e. The summed E-state index contributed by atoms with van der Waals surface area (Å²) in [5, 5.41) is 0. The molecule has 5 nitrogen and oxygen atoms in total. The molecular weight excluding hydrogens is 328 g/mol. The Hall–Kier alpha value is -2.79. The molecule has 0 N–H and O–H groups in total. The van der Waals surface area contributed by atoms with Crippen LogP contribution in [0.15, 0.2) is 71.4 Å². The van der Waals surface area contributed by atoms with E-state index in [9.17, 15) is 0 Å². The first-order valence-electron chi connectivity index (χ1n) is 8.62. The quantitative estimate of drug-likeness (QED) is 0.690. The lowest BCUT2D eigenvalue weighted by atomic mass is 10.3. The molecule has 2 aromatic rings. The third-order valence-corrected chi connectivity index (χ3v) is 4.31. The fourth-order valence-electron chi connectivity index (χ4n) is 2.57. The maximum Gasteiger partial charge on any atom is 0.235 e. The Morgan fingerprint density at radius 2 is 1.58 bits per heavy atom. The Labute approximate surface area is 154 Å². The van der Waals surface area contributed by atoms with Gasteiger partial charge in [-0.1, -0.05) is 18.2 Å². The molecule has 26 heavy (non-hydrogen) atoms. The second-order valence-electron chi connectivity index (χ2n) is 6.16. The molecule has 5 heteroatoms. The SMILES string of the molecule is CC1=CC=NC(C)(OCCOc2ccc(Oc3ccccc3)cc2)N1C. The lowest BCUT2D eigenvalue weighted by molar-refractivity contribution is -0.120. The van der Waals surface area contributed by atoms with Gasteiger partial charge in [-0.05, 0) is 49.4 Å². The van der Waals surface area contributed by atoms with E-state index in [0.717, 1.165) is 22.9 Å². The first-order valence-corrected chi connectivity index (χ1v) is 8.62. The minimum atomic E-state index is -0.685. The molecule has 0 aromatic heterocycles. The van der Waals surface area contributed by atoms with Gasteiger partial charge >= 0.3 is 0 Å². The molecule has 3 rings (SSSR count). The maximum atomic E-state index is 5.92. The topological polar surface area (TPSA) is 43.3 Å². The van der Waals surface area contributed by atoms with Crippen molar-refractivity contribution < 1.29 is 14.2 Å². The second kappa shape index (κ2) is 8.06. The van der Waals surface area contributed by atoms with Crippen molar-refractivity contribution in [2.45, 2.75) is 19.7 Å². The van der Waals surface area contributed by atoms with Gasteiger partial charge in [-0.3, -0.25) is 0 Å². The van der Waals surface area contributed by atoms with E-state index in [4.69, 9.17) is 14.2 Å². The zero-order valence-electron chi connectivity index (χ0n) is 15.4. The highest BCUT2D eigenvalue weighted by molar-refractivity contribution is 5.73. The monoisotopic (exact) mass is 352 g/mol. The Kier molecular flexibility index (Phi) is 5.58. The summed E-state index contributed by atoms with van der Waals surface area (Å²) in [4.78, 5) is 6.42. The van der Waals surface area contributed by atoms with Gasteiger partial charge in [0.1, 0.15) is 23.9 Å². The Bertz CT molecular complexity index is 772. The van der Waals surface area contributed by atoms with E-state index >= 15 is 0 Å². The maximum absolute atomic E-state index is 5.92. The summed E-state index contributed by atoms with van der Waals surface area (Å²) in [5.74, 6) is 1.67. The number of nitrogens with zero attached hydrogens (tertiary/aromatic N) is 2. The predicted molar refractivity (Wildman–Crippen MR) is 103 cm³/mol. The van der Waals surface area contributed by atoms with Gasteiger partial charge in [0, 0.05) is 25.9 Å². The average Bonchev–Trinajstić information content (AvgIpc) is 2.66. The van der Waals surface area contributed by atoms with Gasteiger partial charge in [0.2, 0.25) is 5.85 Å². The molecule has 0 fully saturated rings. The van der Waals surface area contributed by atoms with Crippen molar-refractivity contribution in [1.82, 2.24) is 4.90 Å². The molecule has 0 saturated carbocycles. The van der Waals surface area contributed by atoms with Gasteiger partial charge in [-0.2, -0.15) is 0 Å². The Balaban J connectivity index is 1.45. The van der Waals surface area contributed by atoms with E-state index in [1.54, 1.807) is 6.21 Å². The number of allylic oxidation sites excluding steroid dienone is 2. The molecule has 1 aliphatic rings. The lowest BCUT2D eigenvalue weighted by Gasteiger charge is -2.38. The molecule has 1 heterocycles. The van der Waals surface area contributed by atoms with E-state index in [0.29, 0.717) is 13.2 Å². The highest BCUT2D eigenvalue weighted by atomic mass is 16.6. The van der Waals surface area contributed by atoms with Crippen LogP contribution in [-0.2, 0) is 4.74 Å². The standard InChI is InChI=1S/C21H24N2O3/c1-17-13-14-22-21(2,23(17)3)25-16-15-24-18-9-11-20(12-10-18)26-19-7-5-4-6-8-19/h4-14H,15-16H2,1-3H3. The predicted octanol–water partition coefficient (Wildman–Crippen LogP) is 4.47. The fraction of sp³-hybridized carbons (Fsp3) is 0.286. The van der Waals surface area contributed by atoms with Crippen LogP contribution in [0.1, 0.15) is 13.8 Å². The minimum absolute atomic E-state index is 0.438. The zero-order valence-corrected chi connectivity index (χ0v) is 15.4. The Morgan fingerprint density at radius 1 is 0.923 bits per heavy atom. The van der Waals surface area contributed by atoms with E-state index in [1.807, 2.05) is 86.5 Å². The van der Waals surface area contributed by atoms with E-state index < -0.39 is 5.85 Å². The molecule has 1 aliphatic heterocycles. The molecule has 0 radical (unpaired) electrons. The molecule has 1 atom stereocenters. The van der Waals surface area contributed by atoms with Gasteiger partial charge in [0.25, 0.3) is 0 Å². The van der Waals surface area contributed by atoms with Crippen molar-refractivity contribution in [3.8, 4) is 17.2 Å². The third kappa shape index (κ3) is 4.43. The summed E-state index contributed by atoms with van der Waals surface area (Å²) in [5.41, 5.74) is 1.11. The van der Waals surface area contributed by atoms with Crippen LogP contribution >= 0.6 is 0 Å². The molecule has 0 amide bonds. The van der Waals surface area contributed by atoms with E-state index in [1.165, 1.54) is 0 Å². The van der Waals surface area contributed by atoms with E-state index in [2.05, 4.69) is 4.99 Å². The molecule has 0 aliphatic carbocycles. The molecule has 0 spiro atoms. The van der Waals surface area contributed by atoms with Crippen LogP contribution in [0.3, 0.4) is 0 Å². The summed E-state index contributed by atoms with van der Waals surface area (Å²) in [7, 11) is 1.97. The molecular formula is C21H24N2O3. The highest BCUT2D eigenvalue weighted by Gasteiger charge is 2.30. The first kappa shape index (κ1) is 18.0. The summed E-state index contributed by atoms with van der Waals surface area (Å²) in [6.45, 7) is 4.85. The summed E-state index contributed by atoms with van der Waals surface area (Å²) in [6, 6.07) is 17.2. The molecule has 1 unspecified atom stereocenters. The van der Waals surface area contributed by atoms with Crippen molar-refractivity contribution in [1.29, 1.82) is 0 Å². The summed E-state index contributed by atoms with van der Waals surface area (Å²) in [6.07, 6.45) is 3.74. The van der Waals surface area contributed by atoms with Crippen molar-refractivity contribution in [3.63, 3.8) is 0 Å². The molecule has 136 valence electrons. The summed E-state index contributed by atoms with van der Waals surface area (Å²) < 4.78 is 17.4. The number of ether oxygens (including phenoxy) is 3. The fourth-order valence-corrected chi connectivity index (χ4v) is 2.57. The van der Waals surface area contributed by atoms with Crippen LogP contribution in [0.4, 0.5) is 0 Å². The molecule has 0 saturated heterocycles. The van der Waals surface area contributed by atoms with Crippen LogP contribution in [0.25, 0.3) is 0 Å². The second-order valence-corrected chi connectivity index (χ2v) is 6.16. The van der Waals surface area contributed by atoms with Crippen molar-refractivity contribution in [3.05, 3.63) is 66.4 Å². The number of hydrogen-bond donors (Lipinski definition) is 0. The van der Waals surface area contributed by atoms with Crippen LogP contribution < -0.4 is 9.47 Å². The van der Waals surface area contributed by atoms with Gasteiger partial charge in [0.05, 0.1) is 6.61 Å². The smallest absolute Gasteiger partial charge is 0.235 e. The van der Waals surface area contributed by atoms with Gasteiger partial charge in [0.15, 0.2) is 0 Å². The third-order valence-electron chi connectivity index (χ3n) is 4.31. The highest BCUT2D eigenvalue weighted by Crippen LogP contribution is 2.25. The largest absolute Gasteiger partial charge is 0.491 e. The number of rotatable bonds is 7. The number of hydrogen-bond acceptors (Lipinski definition) is 5. The molecule has 2 aromatic carbocycles. The molecule has 0 bridgehead atoms. The average molecular weight is 352 g/mol. The van der Waals surface area contributed by atoms with Crippen LogP contribution in [0, 0.1) is 0 Å². The normalized spacial score (nSPS) is 19.2. The van der Waals surface area contributed by atoms with Crippen LogP contribution in [0.2, 0.25) is 0 Å². The van der Waals surface area contributed by atoms with Crippen molar-refractivity contribution >= 4 is 6.21 Å². The number of para-hydroxylation sites is 1. The zero-order chi connectivity index (χ0) is 18.4. The van der Waals surface area contributed by atoms with Crippen LogP contribution in [-0.4, -0.2) is 37.2 Å². The van der Waals surface area contributed by atoms with Crippen molar-refractivity contribution in [2.75, 3.05) is 20.3 Å². The Morgan fingerprint density at radius 3 is 2.31 bits per heavy atom. The summed E-state index contributed by atoms with van der Waals surface area (Å²) >= 11 is 0. The van der Waals surface area contributed by atoms with Crippen molar-refractivity contribution in [2.24, 2.45) is 4.99 Å². The number of benzene rings is 2. The first-order chi connectivity index (χ1) is 12.6. The van der Waals surface area contributed by atoms with Gasteiger partial charge < -0.3 is 19.1 Å². The van der Waals surface area contributed by atoms with Gasteiger partial charge in [-0.15, -0.1) is 0 Å².